The molecule has 214 valence electrons. The van der Waals surface area contributed by atoms with Crippen LogP contribution in [0.25, 0.3) is 10.8 Å². The minimum atomic E-state index is -4.00. The number of amides is 2. The fourth-order valence-electron chi connectivity index (χ4n) is 4.77. The van der Waals surface area contributed by atoms with E-state index in [1.807, 2.05) is 42.5 Å². The molecule has 12 heteroatoms. The van der Waals surface area contributed by atoms with Gasteiger partial charge in [0, 0.05) is 6.54 Å². The van der Waals surface area contributed by atoms with E-state index < -0.39 is 34.5 Å². The number of benzene rings is 3. The lowest BCUT2D eigenvalue weighted by atomic mass is 9.75. The van der Waals surface area contributed by atoms with Crippen molar-refractivity contribution in [3.8, 4) is 0 Å². The molecular weight excluding hydrogens is 533 g/mol. The maximum Gasteiger partial charge on any atom is 0.475 e. The number of rotatable bonds is 10. The molecule has 1 atom stereocenters. The molecular formula is C28H36BN3O7S. The van der Waals surface area contributed by atoms with Gasteiger partial charge in [0.1, 0.15) is 5.41 Å². The van der Waals surface area contributed by atoms with E-state index in [1.165, 1.54) is 12.1 Å². The number of carbonyl (C=O) groups is 2. The van der Waals surface area contributed by atoms with Gasteiger partial charge in [0.2, 0.25) is 11.8 Å². The summed E-state index contributed by atoms with van der Waals surface area (Å²) in [7, 11) is -5.70. The molecule has 2 amide bonds. The molecule has 0 spiro atoms. The summed E-state index contributed by atoms with van der Waals surface area (Å²) in [5.41, 5.74) is 5.28. The van der Waals surface area contributed by atoms with Crippen molar-refractivity contribution in [2.75, 3.05) is 6.54 Å². The van der Waals surface area contributed by atoms with Gasteiger partial charge in [-0.1, -0.05) is 67.4 Å². The fourth-order valence-corrected chi connectivity index (χ4v) is 5.27. The maximum absolute atomic E-state index is 13.1. The molecule has 0 bridgehead atoms. The highest BCUT2D eigenvalue weighted by Gasteiger charge is 2.48. The molecule has 0 heterocycles. The Morgan fingerprint density at radius 2 is 1.55 bits per heavy atom. The topological polar surface area (TPSA) is 179 Å². The standard InChI is InChI=1S/C22H30BN3O4.C6H6O3S/c24-13-5-8-19(23(29)30)26-21(28)22(11-3-4-12-22)20(27)25-15-16-9-10-17-6-1-2-7-18(17)14-16;7-10(8,9)6-4-2-1-3-5-6/h1-2,6-7,9-10,14,19,29-30H,3-5,8,11-13,15,24H2,(H,25,27)(H,26,28);1-5H,(H,7,8,9). The maximum atomic E-state index is 13.1. The van der Waals surface area contributed by atoms with E-state index in [0.717, 1.165) is 29.2 Å². The number of nitrogens with two attached hydrogens (primary N) is 1. The Kier molecular flexibility index (Phi) is 11.2. The number of carbonyl (C=O) groups excluding carboxylic acids is 2. The number of fused-ring (bicyclic) bond motifs is 1. The first kappa shape index (κ1) is 31.2. The summed E-state index contributed by atoms with van der Waals surface area (Å²) in [5.74, 6) is -1.59. The minimum Gasteiger partial charge on any atom is -0.426 e. The Labute approximate surface area is 234 Å². The average Bonchev–Trinajstić information content (AvgIpc) is 3.45. The first-order valence-electron chi connectivity index (χ1n) is 13.2. The van der Waals surface area contributed by atoms with Crippen LogP contribution in [0.5, 0.6) is 0 Å². The van der Waals surface area contributed by atoms with Gasteiger partial charge in [-0.05, 0) is 66.8 Å². The average molecular weight is 569 g/mol. The number of hydrogen-bond acceptors (Lipinski definition) is 7. The van der Waals surface area contributed by atoms with Gasteiger partial charge in [-0.15, -0.1) is 0 Å². The van der Waals surface area contributed by atoms with Crippen LogP contribution >= 0.6 is 0 Å². The van der Waals surface area contributed by atoms with Gasteiger partial charge in [0.05, 0.1) is 10.8 Å². The Morgan fingerprint density at radius 1 is 0.925 bits per heavy atom. The van der Waals surface area contributed by atoms with E-state index in [1.54, 1.807) is 18.2 Å². The van der Waals surface area contributed by atoms with Gasteiger partial charge >= 0.3 is 7.12 Å². The SMILES string of the molecule is NCCCC(NC(=O)C1(C(=O)NCc2ccc3ccccc3c2)CCCC1)B(O)O.O=S(=O)(O)c1ccccc1. The van der Waals surface area contributed by atoms with E-state index in [2.05, 4.69) is 10.6 Å². The Hall–Kier alpha value is -3.29. The largest absolute Gasteiger partial charge is 0.475 e. The molecule has 0 radical (unpaired) electrons. The van der Waals surface area contributed by atoms with Crippen LogP contribution in [0.2, 0.25) is 0 Å². The van der Waals surface area contributed by atoms with Crippen molar-refractivity contribution in [2.45, 2.75) is 55.9 Å². The lowest BCUT2D eigenvalue weighted by Crippen LogP contribution is -2.55. The molecule has 4 rings (SSSR count). The predicted octanol–water partition coefficient (Wildman–Crippen LogP) is 2.19. The van der Waals surface area contributed by atoms with Gasteiger partial charge in [0.15, 0.2) is 0 Å². The van der Waals surface area contributed by atoms with Gasteiger partial charge in [-0.2, -0.15) is 8.42 Å². The van der Waals surface area contributed by atoms with E-state index in [0.29, 0.717) is 38.8 Å². The van der Waals surface area contributed by atoms with Gasteiger partial charge in [-0.25, -0.2) is 0 Å². The number of nitrogens with one attached hydrogen (secondary N) is 2. The zero-order chi connectivity index (χ0) is 29.2. The summed E-state index contributed by atoms with van der Waals surface area (Å²) in [6, 6.07) is 21.4. The third kappa shape index (κ3) is 8.36. The van der Waals surface area contributed by atoms with Crippen LogP contribution in [0.3, 0.4) is 0 Å². The minimum absolute atomic E-state index is 0.0741. The third-order valence-corrected chi connectivity index (χ3v) is 7.90. The van der Waals surface area contributed by atoms with Crippen molar-refractivity contribution < 1.29 is 32.6 Å². The van der Waals surface area contributed by atoms with E-state index in [-0.39, 0.29) is 10.8 Å². The van der Waals surface area contributed by atoms with Crippen molar-refractivity contribution in [1.29, 1.82) is 0 Å². The quantitative estimate of drug-likeness (QED) is 0.122. The molecule has 1 unspecified atom stereocenters. The van der Waals surface area contributed by atoms with Crippen LogP contribution in [0.15, 0.2) is 77.7 Å². The van der Waals surface area contributed by atoms with Gasteiger partial charge in [0.25, 0.3) is 10.1 Å². The molecule has 1 fully saturated rings. The molecule has 3 aromatic carbocycles. The molecule has 3 aromatic rings. The summed E-state index contributed by atoms with van der Waals surface area (Å²) in [6.45, 7) is 0.717. The zero-order valence-corrected chi connectivity index (χ0v) is 23.0. The molecule has 10 nitrogen and oxygen atoms in total. The van der Waals surface area contributed by atoms with Gasteiger partial charge < -0.3 is 26.4 Å². The van der Waals surface area contributed by atoms with Gasteiger partial charge in [-0.3, -0.25) is 14.1 Å². The van der Waals surface area contributed by atoms with Crippen LogP contribution in [0, 0.1) is 5.41 Å². The molecule has 1 aliphatic rings. The summed E-state index contributed by atoms with van der Waals surface area (Å²) in [4.78, 5) is 26.1. The lowest BCUT2D eigenvalue weighted by Gasteiger charge is -2.29. The fraction of sp³-hybridized carbons (Fsp3) is 0.357. The van der Waals surface area contributed by atoms with Crippen molar-refractivity contribution in [3.05, 3.63) is 78.4 Å². The van der Waals surface area contributed by atoms with E-state index >= 15 is 0 Å². The molecule has 1 aliphatic carbocycles. The Bertz CT molecular complexity index is 1380. The highest BCUT2D eigenvalue weighted by atomic mass is 32.2. The first-order valence-corrected chi connectivity index (χ1v) is 14.7. The Morgan fingerprint density at radius 3 is 2.12 bits per heavy atom. The molecule has 0 aromatic heterocycles. The molecule has 0 aliphatic heterocycles. The smallest absolute Gasteiger partial charge is 0.426 e. The second-order valence-electron chi connectivity index (χ2n) is 9.87. The number of hydrogen-bond donors (Lipinski definition) is 6. The van der Waals surface area contributed by atoms with Crippen molar-refractivity contribution >= 4 is 39.8 Å². The monoisotopic (exact) mass is 569 g/mol. The summed E-state index contributed by atoms with van der Waals surface area (Å²) < 4.78 is 29.2. The van der Waals surface area contributed by atoms with Crippen molar-refractivity contribution in [1.82, 2.24) is 10.6 Å². The van der Waals surface area contributed by atoms with Crippen molar-refractivity contribution in [2.24, 2.45) is 11.1 Å². The molecule has 40 heavy (non-hydrogen) atoms. The summed E-state index contributed by atoms with van der Waals surface area (Å²) in [5, 5.41) is 27.0. The van der Waals surface area contributed by atoms with Crippen molar-refractivity contribution in [3.63, 3.8) is 0 Å². The van der Waals surface area contributed by atoms with Crippen LogP contribution in [-0.4, -0.2) is 54.4 Å². The first-order chi connectivity index (χ1) is 19.1. The van der Waals surface area contributed by atoms with Crippen LogP contribution in [-0.2, 0) is 26.3 Å². The second kappa shape index (κ2) is 14.4. The zero-order valence-electron chi connectivity index (χ0n) is 22.2. The van der Waals surface area contributed by atoms with Crippen LogP contribution in [0.4, 0.5) is 0 Å². The summed E-state index contributed by atoms with van der Waals surface area (Å²) in [6.07, 6.45) is 3.36. The Balaban J connectivity index is 0.000000371. The molecule has 1 saturated carbocycles. The molecule has 7 N–H and O–H groups in total. The normalized spacial score (nSPS) is 15.0. The lowest BCUT2D eigenvalue weighted by molar-refractivity contribution is -0.143. The summed E-state index contributed by atoms with van der Waals surface area (Å²) >= 11 is 0. The predicted molar refractivity (Wildman–Crippen MR) is 153 cm³/mol. The van der Waals surface area contributed by atoms with E-state index in [4.69, 9.17) is 10.3 Å². The third-order valence-electron chi connectivity index (χ3n) is 7.03. The highest BCUT2D eigenvalue weighted by Crippen LogP contribution is 2.39. The second-order valence-corrected chi connectivity index (χ2v) is 11.3. The highest BCUT2D eigenvalue weighted by molar-refractivity contribution is 7.85. The van der Waals surface area contributed by atoms with E-state index in [9.17, 15) is 28.1 Å². The van der Waals surface area contributed by atoms with Crippen LogP contribution in [0.1, 0.15) is 44.1 Å². The van der Waals surface area contributed by atoms with Crippen LogP contribution < -0.4 is 16.4 Å². The molecule has 0 saturated heterocycles.